The van der Waals surface area contributed by atoms with Crippen LogP contribution in [0.2, 0.25) is 0 Å². The number of thiazole rings is 1. The number of aromatic nitrogens is 1. The number of hydrogen-bond donors (Lipinski definition) is 2. The molecule has 0 atom stereocenters. The van der Waals surface area contributed by atoms with Gasteiger partial charge >= 0.3 is 0 Å². The molecule has 0 spiro atoms. The Balaban J connectivity index is 0.00000261. The van der Waals surface area contributed by atoms with E-state index >= 15 is 0 Å². The number of nitrogens with one attached hydrogen (secondary N) is 1. The maximum Gasteiger partial charge on any atom is 0.284 e. The SMILES string of the molecule is CCNC(=NCc1ccc(C(N)=O)o1)N(C)Cc1nc2c(s1)CCCC2.I. The summed E-state index contributed by atoms with van der Waals surface area (Å²) >= 11 is 1.81. The summed E-state index contributed by atoms with van der Waals surface area (Å²) in [5, 5.41) is 4.41. The fraction of sp³-hybridized carbons (Fsp3) is 0.500. The Morgan fingerprint density at radius 1 is 1.41 bits per heavy atom. The molecule has 2 heterocycles. The van der Waals surface area contributed by atoms with Crippen LogP contribution in [0, 0.1) is 0 Å². The molecule has 2 aromatic rings. The average molecular weight is 503 g/mol. The minimum Gasteiger partial charge on any atom is -0.454 e. The summed E-state index contributed by atoms with van der Waals surface area (Å²) in [5.74, 6) is 0.962. The third-order valence-corrected chi connectivity index (χ3v) is 5.39. The maximum absolute atomic E-state index is 11.1. The summed E-state index contributed by atoms with van der Waals surface area (Å²) in [4.78, 5) is 24.0. The molecule has 27 heavy (non-hydrogen) atoms. The molecule has 0 fully saturated rings. The number of rotatable bonds is 6. The van der Waals surface area contributed by atoms with Gasteiger partial charge in [0.15, 0.2) is 11.7 Å². The lowest BCUT2D eigenvalue weighted by atomic mass is 10.0. The number of hydrogen-bond acceptors (Lipinski definition) is 5. The van der Waals surface area contributed by atoms with Crippen LogP contribution >= 0.6 is 35.3 Å². The fourth-order valence-corrected chi connectivity index (χ4v) is 4.18. The highest BCUT2D eigenvalue weighted by molar-refractivity contribution is 14.0. The van der Waals surface area contributed by atoms with Crippen LogP contribution in [-0.4, -0.2) is 35.3 Å². The van der Waals surface area contributed by atoms with E-state index in [1.165, 1.54) is 23.4 Å². The number of guanidine groups is 1. The van der Waals surface area contributed by atoms with Crippen LogP contribution in [0.15, 0.2) is 21.5 Å². The molecule has 0 aliphatic heterocycles. The molecule has 148 valence electrons. The lowest BCUT2D eigenvalue weighted by Crippen LogP contribution is -2.38. The summed E-state index contributed by atoms with van der Waals surface area (Å²) in [5.41, 5.74) is 6.49. The van der Waals surface area contributed by atoms with Crippen LogP contribution in [0.25, 0.3) is 0 Å². The van der Waals surface area contributed by atoms with Crippen molar-refractivity contribution in [2.75, 3.05) is 13.6 Å². The molecule has 0 aromatic carbocycles. The van der Waals surface area contributed by atoms with E-state index in [0.717, 1.165) is 30.4 Å². The maximum atomic E-state index is 11.1. The number of carbonyl (C=O) groups is 1. The zero-order chi connectivity index (χ0) is 18.5. The van der Waals surface area contributed by atoms with E-state index in [2.05, 4.69) is 15.2 Å². The highest BCUT2D eigenvalue weighted by Gasteiger charge is 2.17. The predicted octanol–water partition coefficient (Wildman–Crippen LogP) is 2.93. The summed E-state index contributed by atoms with van der Waals surface area (Å²) < 4.78 is 5.39. The Labute approximate surface area is 180 Å². The molecule has 3 N–H and O–H groups in total. The number of primary amides is 1. The van der Waals surface area contributed by atoms with Gasteiger partial charge in [0.25, 0.3) is 5.91 Å². The lowest BCUT2D eigenvalue weighted by Gasteiger charge is -2.20. The molecule has 0 bridgehead atoms. The Hall–Kier alpha value is -1.62. The minimum absolute atomic E-state index is 0. The smallest absolute Gasteiger partial charge is 0.284 e. The van der Waals surface area contributed by atoms with E-state index in [9.17, 15) is 4.79 Å². The molecule has 9 heteroatoms. The zero-order valence-electron chi connectivity index (χ0n) is 15.7. The molecule has 2 aromatic heterocycles. The number of fused-ring (bicyclic) bond motifs is 1. The predicted molar refractivity (Wildman–Crippen MR) is 118 cm³/mol. The van der Waals surface area contributed by atoms with Gasteiger partial charge in [-0.2, -0.15) is 0 Å². The molecule has 0 saturated carbocycles. The molecular formula is C18H26IN5O2S. The van der Waals surface area contributed by atoms with E-state index in [1.807, 2.05) is 25.3 Å². The van der Waals surface area contributed by atoms with Crippen LogP contribution < -0.4 is 11.1 Å². The van der Waals surface area contributed by atoms with Gasteiger partial charge in [0.05, 0.1) is 12.2 Å². The monoisotopic (exact) mass is 503 g/mol. The van der Waals surface area contributed by atoms with Crippen molar-refractivity contribution in [3.63, 3.8) is 0 Å². The third-order valence-electron chi connectivity index (χ3n) is 4.25. The first kappa shape index (κ1) is 21.7. The van der Waals surface area contributed by atoms with Crippen molar-refractivity contribution < 1.29 is 9.21 Å². The number of aryl methyl sites for hydroxylation is 2. The van der Waals surface area contributed by atoms with Gasteiger partial charge in [-0.1, -0.05) is 0 Å². The number of aliphatic imine (C=N–C) groups is 1. The van der Waals surface area contributed by atoms with Gasteiger partial charge in [-0.25, -0.2) is 9.98 Å². The fourth-order valence-electron chi connectivity index (χ4n) is 2.97. The van der Waals surface area contributed by atoms with Crippen molar-refractivity contribution in [3.05, 3.63) is 39.2 Å². The number of nitrogens with two attached hydrogens (primary N) is 1. The number of furan rings is 1. The van der Waals surface area contributed by atoms with Crippen LogP contribution in [0.5, 0.6) is 0 Å². The third kappa shape index (κ3) is 5.68. The molecule has 0 radical (unpaired) electrons. The Morgan fingerprint density at radius 3 is 2.85 bits per heavy atom. The van der Waals surface area contributed by atoms with Crippen molar-refractivity contribution in [2.45, 2.75) is 45.7 Å². The average Bonchev–Trinajstić information content (AvgIpc) is 3.24. The standard InChI is InChI=1S/C18H25N5O2S.HI/c1-3-20-18(21-10-12-8-9-14(25-12)17(19)24)23(2)11-16-22-13-6-4-5-7-15(13)26-16;/h8-9H,3-7,10-11H2,1-2H3,(H2,19,24)(H,20,21);1H. The highest BCUT2D eigenvalue weighted by Crippen LogP contribution is 2.27. The van der Waals surface area contributed by atoms with E-state index < -0.39 is 5.91 Å². The summed E-state index contributed by atoms with van der Waals surface area (Å²) in [6.07, 6.45) is 4.77. The van der Waals surface area contributed by atoms with Crippen LogP contribution in [-0.2, 0) is 25.9 Å². The van der Waals surface area contributed by atoms with Gasteiger partial charge < -0.3 is 20.4 Å². The number of carbonyl (C=O) groups excluding carboxylic acids is 1. The number of amides is 1. The van der Waals surface area contributed by atoms with E-state index in [-0.39, 0.29) is 29.7 Å². The molecule has 0 unspecified atom stereocenters. The summed E-state index contributed by atoms with van der Waals surface area (Å²) in [7, 11) is 2.00. The highest BCUT2D eigenvalue weighted by atomic mass is 127. The first-order valence-electron chi connectivity index (χ1n) is 8.92. The summed E-state index contributed by atoms with van der Waals surface area (Å²) in [6, 6.07) is 3.30. The first-order chi connectivity index (χ1) is 12.6. The Morgan fingerprint density at radius 2 is 2.19 bits per heavy atom. The number of nitrogens with zero attached hydrogens (tertiary/aromatic N) is 3. The second-order valence-corrected chi connectivity index (χ2v) is 7.51. The van der Waals surface area contributed by atoms with Crippen molar-refractivity contribution in [2.24, 2.45) is 10.7 Å². The van der Waals surface area contributed by atoms with Crippen molar-refractivity contribution in [3.8, 4) is 0 Å². The van der Waals surface area contributed by atoms with Gasteiger partial charge in [-0.05, 0) is 44.7 Å². The lowest BCUT2D eigenvalue weighted by molar-refractivity contribution is 0.0972. The largest absolute Gasteiger partial charge is 0.454 e. The molecule has 1 aliphatic rings. The van der Waals surface area contributed by atoms with Crippen LogP contribution in [0.1, 0.15) is 51.7 Å². The number of halogens is 1. The van der Waals surface area contributed by atoms with Gasteiger partial charge in [0, 0.05) is 18.5 Å². The molecule has 1 amide bonds. The van der Waals surface area contributed by atoms with Gasteiger partial charge in [0.2, 0.25) is 0 Å². The minimum atomic E-state index is -0.572. The second-order valence-electron chi connectivity index (χ2n) is 6.34. The molecule has 0 saturated heterocycles. The second kappa shape index (κ2) is 10.1. The van der Waals surface area contributed by atoms with Crippen molar-refractivity contribution in [1.29, 1.82) is 0 Å². The van der Waals surface area contributed by atoms with Gasteiger partial charge in [-0.3, -0.25) is 4.79 Å². The summed E-state index contributed by atoms with van der Waals surface area (Å²) in [6.45, 7) is 3.86. The zero-order valence-corrected chi connectivity index (χ0v) is 18.8. The molecule has 3 rings (SSSR count). The van der Waals surface area contributed by atoms with E-state index in [4.69, 9.17) is 15.1 Å². The van der Waals surface area contributed by atoms with Crippen LogP contribution in [0.4, 0.5) is 0 Å². The topological polar surface area (TPSA) is 96.7 Å². The van der Waals surface area contributed by atoms with Crippen LogP contribution in [0.3, 0.4) is 0 Å². The van der Waals surface area contributed by atoms with Crippen molar-refractivity contribution in [1.82, 2.24) is 15.2 Å². The van der Waals surface area contributed by atoms with Gasteiger partial charge in [-0.15, -0.1) is 35.3 Å². The first-order valence-corrected chi connectivity index (χ1v) is 9.74. The van der Waals surface area contributed by atoms with E-state index in [1.54, 1.807) is 12.1 Å². The quantitative estimate of drug-likeness (QED) is 0.359. The van der Waals surface area contributed by atoms with Crippen molar-refractivity contribution >= 4 is 47.2 Å². The normalized spacial score (nSPS) is 13.6. The molecule has 7 nitrogen and oxygen atoms in total. The van der Waals surface area contributed by atoms with E-state index in [0.29, 0.717) is 18.8 Å². The Kier molecular flexibility index (Phi) is 8.08. The molecular weight excluding hydrogens is 477 g/mol. The Bertz CT molecular complexity index is 778. The molecule has 1 aliphatic carbocycles. The van der Waals surface area contributed by atoms with Gasteiger partial charge in [0.1, 0.15) is 17.3 Å².